The van der Waals surface area contributed by atoms with Gasteiger partial charge in [0.05, 0.1) is 5.69 Å². The summed E-state index contributed by atoms with van der Waals surface area (Å²) in [7, 11) is 0. The van der Waals surface area contributed by atoms with Crippen molar-refractivity contribution in [1.82, 2.24) is 0 Å². The minimum Gasteiger partial charge on any atom is -0.506 e. The van der Waals surface area contributed by atoms with Gasteiger partial charge in [-0.05, 0) is 74.6 Å². The molecule has 0 aromatic heterocycles. The normalized spacial score (nSPS) is 17.1. The number of halogens is 3. The molecule has 7 heteroatoms. The standard InChI is InChI=1S/C23H27FN2O2.2ClH/c24-19-6-4-17(5-7-19)23(28)18-10-14-26(15-11-18)21-16-20(8-9-22(21)27)25-12-2-1-3-13-25;;/h4-9,16,18,27H,1-3,10-15H2;2*1H. The van der Waals surface area contributed by atoms with Crippen LogP contribution in [0.25, 0.3) is 0 Å². The summed E-state index contributed by atoms with van der Waals surface area (Å²) in [6, 6.07) is 11.7. The number of Topliss-reactive ketones (excluding diaryl/α,β-unsaturated/α-hetero) is 1. The first-order valence-corrected chi connectivity index (χ1v) is 10.2. The van der Waals surface area contributed by atoms with Crippen LogP contribution in [-0.4, -0.2) is 37.1 Å². The molecule has 0 spiro atoms. The van der Waals surface area contributed by atoms with E-state index in [1.807, 2.05) is 6.07 Å². The maximum Gasteiger partial charge on any atom is 0.166 e. The average Bonchev–Trinajstić information content (AvgIpc) is 2.75. The van der Waals surface area contributed by atoms with Crippen molar-refractivity contribution in [3.8, 4) is 5.75 Å². The molecule has 0 atom stereocenters. The summed E-state index contributed by atoms with van der Waals surface area (Å²) < 4.78 is 13.1. The number of nitrogens with zero attached hydrogens (tertiary/aromatic N) is 2. The molecule has 4 nitrogen and oxygen atoms in total. The number of hydrogen-bond donors (Lipinski definition) is 1. The largest absolute Gasteiger partial charge is 0.506 e. The lowest BCUT2D eigenvalue weighted by Crippen LogP contribution is -2.36. The highest BCUT2D eigenvalue weighted by Crippen LogP contribution is 2.35. The van der Waals surface area contributed by atoms with E-state index in [-0.39, 0.29) is 42.3 Å². The molecule has 2 heterocycles. The Bertz CT molecular complexity index is 834. The molecule has 2 fully saturated rings. The topological polar surface area (TPSA) is 43.8 Å². The van der Waals surface area contributed by atoms with Gasteiger partial charge in [0.2, 0.25) is 0 Å². The third-order valence-electron chi connectivity index (χ3n) is 6.02. The lowest BCUT2D eigenvalue weighted by molar-refractivity contribution is 0.0900. The second-order valence-electron chi connectivity index (χ2n) is 7.85. The Morgan fingerprint density at radius 2 is 1.50 bits per heavy atom. The highest BCUT2D eigenvalue weighted by Gasteiger charge is 2.27. The van der Waals surface area contributed by atoms with Gasteiger partial charge < -0.3 is 14.9 Å². The number of phenolic OH excluding ortho intramolecular Hbond substituents is 1. The predicted molar refractivity (Wildman–Crippen MR) is 124 cm³/mol. The maximum atomic E-state index is 13.1. The summed E-state index contributed by atoms with van der Waals surface area (Å²) in [5.41, 5.74) is 2.60. The van der Waals surface area contributed by atoms with Crippen molar-refractivity contribution in [1.29, 1.82) is 0 Å². The summed E-state index contributed by atoms with van der Waals surface area (Å²) in [6.45, 7) is 3.60. The number of hydrogen-bond acceptors (Lipinski definition) is 4. The number of aromatic hydroxyl groups is 1. The summed E-state index contributed by atoms with van der Waals surface area (Å²) in [5.74, 6) is 0.0135. The Morgan fingerprint density at radius 1 is 0.867 bits per heavy atom. The maximum absolute atomic E-state index is 13.1. The van der Waals surface area contributed by atoms with Gasteiger partial charge in [0, 0.05) is 43.3 Å². The molecule has 1 N–H and O–H groups in total. The Labute approximate surface area is 189 Å². The Balaban J connectivity index is 0.00000160. The van der Waals surface area contributed by atoms with E-state index in [1.165, 1.54) is 31.4 Å². The molecule has 2 aromatic rings. The lowest BCUT2D eigenvalue weighted by atomic mass is 9.88. The molecule has 0 saturated carbocycles. The van der Waals surface area contributed by atoms with E-state index < -0.39 is 0 Å². The number of carbonyl (C=O) groups is 1. The molecule has 4 rings (SSSR count). The lowest BCUT2D eigenvalue weighted by Gasteiger charge is -2.35. The summed E-state index contributed by atoms with van der Waals surface area (Å²) in [4.78, 5) is 17.2. The predicted octanol–water partition coefficient (Wildman–Crippen LogP) is 5.46. The Hall–Kier alpha value is -1.98. The summed E-state index contributed by atoms with van der Waals surface area (Å²) in [6.07, 6.45) is 5.20. The second-order valence-corrected chi connectivity index (χ2v) is 7.85. The van der Waals surface area contributed by atoms with Gasteiger partial charge >= 0.3 is 0 Å². The minimum absolute atomic E-state index is 0. The first-order chi connectivity index (χ1) is 13.6. The van der Waals surface area contributed by atoms with Gasteiger partial charge in [-0.3, -0.25) is 4.79 Å². The van der Waals surface area contributed by atoms with Gasteiger partial charge in [-0.1, -0.05) is 0 Å². The van der Waals surface area contributed by atoms with Crippen molar-refractivity contribution in [2.24, 2.45) is 5.92 Å². The smallest absolute Gasteiger partial charge is 0.166 e. The van der Waals surface area contributed by atoms with Crippen LogP contribution < -0.4 is 9.80 Å². The van der Waals surface area contributed by atoms with Crippen LogP contribution in [0.5, 0.6) is 5.75 Å². The zero-order chi connectivity index (χ0) is 19.5. The third-order valence-corrected chi connectivity index (χ3v) is 6.02. The Kier molecular flexibility index (Phi) is 8.80. The van der Waals surface area contributed by atoms with Gasteiger partial charge in [0.15, 0.2) is 5.78 Å². The molecule has 2 saturated heterocycles. The first-order valence-electron chi connectivity index (χ1n) is 10.2. The molecule has 0 unspecified atom stereocenters. The van der Waals surface area contributed by atoms with Crippen LogP contribution >= 0.6 is 24.8 Å². The van der Waals surface area contributed by atoms with Gasteiger partial charge in [0.1, 0.15) is 11.6 Å². The fraction of sp³-hybridized carbons (Fsp3) is 0.435. The fourth-order valence-corrected chi connectivity index (χ4v) is 4.35. The third kappa shape index (κ3) is 5.38. The summed E-state index contributed by atoms with van der Waals surface area (Å²) >= 11 is 0. The quantitative estimate of drug-likeness (QED) is 0.622. The number of anilines is 2. The molecule has 2 aliphatic heterocycles. The van der Waals surface area contributed by atoms with Crippen molar-refractivity contribution in [2.75, 3.05) is 36.0 Å². The van der Waals surface area contributed by atoms with Gasteiger partial charge in [-0.25, -0.2) is 4.39 Å². The molecule has 0 radical (unpaired) electrons. The highest BCUT2D eigenvalue weighted by atomic mass is 35.5. The van der Waals surface area contributed by atoms with Gasteiger partial charge in [0.25, 0.3) is 0 Å². The molecule has 2 aromatic carbocycles. The van der Waals surface area contributed by atoms with E-state index in [4.69, 9.17) is 0 Å². The van der Waals surface area contributed by atoms with Crippen LogP contribution in [0, 0.1) is 11.7 Å². The second kappa shape index (κ2) is 10.9. The van der Waals surface area contributed by atoms with Crippen molar-refractivity contribution < 1.29 is 14.3 Å². The van der Waals surface area contributed by atoms with Crippen LogP contribution in [0.15, 0.2) is 42.5 Å². The molecule has 0 aliphatic carbocycles. The Morgan fingerprint density at radius 3 is 2.13 bits per heavy atom. The molecule has 2 aliphatic rings. The number of piperidine rings is 2. The number of carbonyl (C=O) groups excluding carboxylic acids is 1. The van der Waals surface area contributed by atoms with Crippen molar-refractivity contribution >= 4 is 42.0 Å². The van der Waals surface area contributed by atoms with Crippen LogP contribution in [0.2, 0.25) is 0 Å². The molecular formula is C23H29Cl2FN2O2. The molecule has 164 valence electrons. The first kappa shape index (κ1) is 24.3. The number of rotatable bonds is 4. The molecule has 30 heavy (non-hydrogen) atoms. The van der Waals surface area contributed by atoms with Crippen molar-refractivity contribution in [3.05, 3.63) is 53.8 Å². The van der Waals surface area contributed by atoms with E-state index in [2.05, 4.69) is 15.9 Å². The number of ketones is 1. The highest BCUT2D eigenvalue weighted by molar-refractivity contribution is 5.98. The van der Waals surface area contributed by atoms with Crippen LogP contribution in [0.3, 0.4) is 0 Å². The fourth-order valence-electron chi connectivity index (χ4n) is 4.35. The molecule has 0 amide bonds. The average molecular weight is 455 g/mol. The van der Waals surface area contributed by atoms with Crippen LogP contribution in [-0.2, 0) is 0 Å². The van der Waals surface area contributed by atoms with Gasteiger partial charge in [-0.15, -0.1) is 24.8 Å². The van der Waals surface area contributed by atoms with Crippen molar-refractivity contribution in [3.63, 3.8) is 0 Å². The zero-order valence-corrected chi connectivity index (χ0v) is 18.6. The molecule has 0 bridgehead atoms. The van der Waals surface area contributed by atoms with E-state index >= 15 is 0 Å². The SMILES string of the molecule is Cl.Cl.O=C(c1ccc(F)cc1)C1CCN(c2cc(N3CCCCC3)ccc2O)CC1. The van der Waals surface area contributed by atoms with E-state index in [0.717, 1.165) is 50.4 Å². The van der Waals surface area contributed by atoms with E-state index in [1.54, 1.807) is 18.2 Å². The van der Waals surface area contributed by atoms with Crippen LogP contribution in [0.1, 0.15) is 42.5 Å². The molecular weight excluding hydrogens is 426 g/mol. The number of benzene rings is 2. The van der Waals surface area contributed by atoms with E-state index in [9.17, 15) is 14.3 Å². The minimum atomic E-state index is -0.324. The monoisotopic (exact) mass is 454 g/mol. The van der Waals surface area contributed by atoms with Crippen molar-refractivity contribution in [2.45, 2.75) is 32.1 Å². The number of phenols is 1. The van der Waals surface area contributed by atoms with Gasteiger partial charge in [-0.2, -0.15) is 0 Å². The summed E-state index contributed by atoms with van der Waals surface area (Å²) in [5, 5.41) is 10.4. The zero-order valence-electron chi connectivity index (χ0n) is 16.9. The van der Waals surface area contributed by atoms with E-state index in [0.29, 0.717) is 11.3 Å². The van der Waals surface area contributed by atoms with Crippen LogP contribution in [0.4, 0.5) is 15.8 Å².